The summed E-state index contributed by atoms with van der Waals surface area (Å²) in [5.41, 5.74) is 2.77. The second-order valence-electron chi connectivity index (χ2n) is 7.15. The molecule has 0 unspecified atom stereocenters. The van der Waals surface area contributed by atoms with Crippen molar-refractivity contribution >= 4 is 20.9 Å². The number of nitrogens with zero attached hydrogens (tertiary/aromatic N) is 3. The Hall–Kier alpha value is -2.16. The molecule has 3 rings (SSSR count). The van der Waals surface area contributed by atoms with E-state index < -0.39 is 16.1 Å². The van der Waals surface area contributed by atoms with Gasteiger partial charge in [0, 0.05) is 31.3 Å². The Kier molecular flexibility index (Phi) is 5.16. The van der Waals surface area contributed by atoms with E-state index in [-0.39, 0.29) is 17.5 Å². The minimum absolute atomic E-state index is 0.0656. The molecule has 0 bridgehead atoms. The van der Waals surface area contributed by atoms with Crippen LogP contribution in [0.25, 0.3) is 10.9 Å². The number of hydrogen-bond donors (Lipinski definition) is 2. The molecule has 2 heterocycles. The predicted octanol–water partition coefficient (Wildman–Crippen LogP) is 2.58. The van der Waals surface area contributed by atoms with Gasteiger partial charge in [-0.05, 0) is 56.8 Å². The number of rotatable bonds is 6. The van der Waals surface area contributed by atoms with Crippen molar-refractivity contribution < 1.29 is 13.5 Å². The lowest BCUT2D eigenvalue weighted by Crippen LogP contribution is -2.29. The van der Waals surface area contributed by atoms with Gasteiger partial charge in [-0.3, -0.25) is 4.68 Å². The van der Waals surface area contributed by atoms with Crippen molar-refractivity contribution in [2.45, 2.75) is 44.7 Å². The highest BCUT2D eigenvalue weighted by Gasteiger charge is 2.26. The Labute approximate surface area is 159 Å². The smallest absolute Gasteiger partial charge is 0.244 e. The zero-order valence-corrected chi connectivity index (χ0v) is 17.1. The first-order chi connectivity index (χ1) is 12.6. The maximum atomic E-state index is 12.8. The summed E-state index contributed by atoms with van der Waals surface area (Å²) in [5, 5.41) is 15.8. The van der Waals surface area contributed by atoms with Crippen molar-refractivity contribution in [2.24, 2.45) is 7.05 Å². The standard InChI is InChI=1S/C19H26N4O3S/c1-12(2)23-14(4)19(13(3)21-23)27(25,26)20-11-18(24)16-6-7-17-15(10-16)8-9-22(17)5/h6-10,12,18,20,24H,11H2,1-5H3/t18-/m0/s1. The molecule has 2 aromatic heterocycles. The Morgan fingerprint density at radius 1 is 1.22 bits per heavy atom. The minimum atomic E-state index is -3.77. The van der Waals surface area contributed by atoms with Crippen LogP contribution in [0, 0.1) is 13.8 Å². The van der Waals surface area contributed by atoms with Crippen molar-refractivity contribution in [3.05, 3.63) is 47.4 Å². The number of fused-ring (bicyclic) bond motifs is 1. The highest BCUT2D eigenvalue weighted by Crippen LogP contribution is 2.24. The molecule has 0 amide bonds. The molecule has 0 radical (unpaired) electrons. The van der Waals surface area contributed by atoms with E-state index in [2.05, 4.69) is 9.82 Å². The Bertz CT molecular complexity index is 1080. The van der Waals surface area contributed by atoms with Crippen molar-refractivity contribution in [2.75, 3.05) is 6.54 Å². The van der Waals surface area contributed by atoms with Crippen molar-refractivity contribution in [3.8, 4) is 0 Å². The maximum Gasteiger partial charge on any atom is 0.244 e. The fourth-order valence-corrected chi connectivity index (χ4v) is 4.86. The van der Waals surface area contributed by atoms with E-state index in [1.165, 1.54) is 0 Å². The highest BCUT2D eigenvalue weighted by atomic mass is 32.2. The molecule has 0 aliphatic heterocycles. The van der Waals surface area contributed by atoms with Gasteiger partial charge in [0.2, 0.25) is 10.0 Å². The van der Waals surface area contributed by atoms with Crippen LogP contribution >= 0.6 is 0 Å². The van der Waals surface area contributed by atoms with Gasteiger partial charge in [-0.2, -0.15) is 5.10 Å². The SMILES string of the molecule is Cc1nn(C(C)C)c(C)c1S(=O)(=O)NC[C@H](O)c1ccc2c(ccn2C)c1. The van der Waals surface area contributed by atoms with Gasteiger partial charge in [-0.15, -0.1) is 0 Å². The third kappa shape index (κ3) is 3.65. The maximum absolute atomic E-state index is 12.8. The molecule has 1 aromatic carbocycles. The molecule has 146 valence electrons. The topological polar surface area (TPSA) is 89.2 Å². The summed E-state index contributed by atoms with van der Waals surface area (Å²) >= 11 is 0. The quantitative estimate of drug-likeness (QED) is 0.677. The van der Waals surface area contributed by atoms with Crippen LogP contribution in [0.3, 0.4) is 0 Å². The second-order valence-corrected chi connectivity index (χ2v) is 8.85. The third-order valence-electron chi connectivity index (χ3n) is 4.78. The van der Waals surface area contributed by atoms with Crippen LogP contribution in [-0.2, 0) is 17.1 Å². The van der Waals surface area contributed by atoms with E-state index >= 15 is 0 Å². The molecular formula is C19H26N4O3S. The van der Waals surface area contributed by atoms with Crippen LogP contribution in [0.4, 0.5) is 0 Å². The third-order valence-corrected chi connectivity index (χ3v) is 6.45. The van der Waals surface area contributed by atoms with Crippen LogP contribution in [0.2, 0.25) is 0 Å². The van der Waals surface area contributed by atoms with Gasteiger partial charge >= 0.3 is 0 Å². The molecule has 0 saturated carbocycles. The molecule has 0 fully saturated rings. The molecule has 0 spiro atoms. The lowest BCUT2D eigenvalue weighted by Gasteiger charge is -2.14. The number of benzene rings is 1. The lowest BCUT2D eigenvalue weighted by molar-refractivity contribution is 0.182. The molecule has 8 heteroatoms. The molecule has 2 N–H and O–H groups in total. The Morgan fingerprint density at radius 2 is 1.93 bits per heavy atom. The average molecular weight is 391 g/mol. The van der Waals surface area contributed by atoms with E-state index in [0.717, 1.165) is 10.9 Å². The van der Waals surface area contributed by atoms with E-state index in [1.54, 1.807) is 18.5 Å². The summed E-state index contributed by atoms with van der Waals surface area (Å²) in [7, 11) is -1.82. The van der Waals surface area contributed by atoms with Gasteiger partial charge in [0.15, 0.2) is 0 Å². The van der Waals surface area contributed by atoms with Crippen LogP contribution in [0.5, 0.6) is 0 Å². The summed E-state index contributed by atoms with van der Waals surface area (Å²) in [6.07, 6.45) is 1.01. The van der Waals surface area contributed by atoms with E-state index in [0.29, 0.717) is 17.0 Å². The fourth-order valence-electron chi connectivity index (χ4n) is 3.43. The van der Waals surface area contributed by atoms with Crippen LogP contribution in [-0.4, -0.2) is 34.4 Å². The van der Waals surface area contributed by atoms with Crippen LogP contribution in [0.15, 0.2) is 35.4 Å². The molecule has 0 saturated heterocycles. The van der Waals surface area contributed by atoms with E-state index in [1.807, 2.05) is 55.9 Å². The number of aliphatic hydroxyl groups is 1. The fraction of sp³-hybridized carbons (Fsp3) is 0.421. The minimum Gasteiger partial charge on any atom is -0.387 e. The first kappa shape index (κ1) is 19.6. The molecule has 0 aliphatic carbocycles. The zero-order chi connectivity index (χ0) is 19.9. The second kappa shape index (κ2) is 7.10. The number of hydrogen-bond acceptors (Lipinski definition) is 4. The Morgan fingerprint density at radius 3 is 2.56 bits per heavy atom. The van der Waals surface area contributed by atoms with E-state index in [9.17, 15) is 13.5 Å². The largest absolute Gasteiger partial charge is 0.387 e. The average Bonchev–Trinajstić information content (AvgIpc) is 3.12. The van der Waals surface area contributed by atoms with Gasteiger partial charge in [0.25, 0.3) is 0 Å². The summed E-state index contributed by atoms with van der Waals surface area (Å²) in [6, 6.07) is 7.64. The summed E-state index contributed by atoms with van der Waals surface area (Å²) in [5.74, 6) is 0. The van der Waals surface area contributed by atoms with Crippen molar-refractivity contribution in [3.63, 3.8) is 0 Å². The monoisotopic (exact) mass is 390 g/mol. The van der Waals surface area contributed by atoms with Crippen molar-refractivity contribution in [1.29, 1.82) is 0 Å². The van der Waals surface area contributed by atoms with Crippen LogP contribution in [0.1, 0.15) is 42.9 Å². The summed E-state index contributed by atoms with van der Waals surface area (Å²) < 4.78 is 31.8. The molecule has 3 aromatic rings. The van der Waals surface area contributed by atoms with E-state index in [4.69, 9.17) is 0 Å². The van der Waals surface area contributed by atoms with Gasteiger partial charge in [0.1, 0.15) is 4.90 Å². The van der Waals surface area contributed by atoms with Gasteiger partial charge in [0.05, 0.1) is 17.5 Å². The van der Waals surface area contributed by atoms with Crippen LogP contribution < -0.4 is 4.72 Å². The molecule has 27 heavy (non-hydrogen) atoms. The molecule has 1 atom stereocenters. The van der Waals surface area contributed by atoms with Gasteiger partial charge < -0.3 is 9.67 Å². The lowest BCUT2D eigenvalue weighted by atomic mass is 10.1. The number of nitrogens with one attached hydrogen (secondary N) is 1. The zero-order valence-electron chi connectivity index (χ0n) is 16.3. The van der Waals surface area contributed by atoms with Gasteiger partial charge in [-0.25, -0.2) is 13.1 Å². The first-order valence-corrected chi connectivity index (χ1v) is 10.4. The molecule has 0 aliphatic rings. The number of aliphatic hydroxyl groups excluding tert-OH is 1. The predicted molar refractivity (Wildman–Crippen MR) is 105 cm³/mol. The van der Waals surface area contributed by atoms with Gasteiger partial charge in [-0.1, -0.05) is 6.07 Å². The molecule has 7 nitrogen and oxygen atoms in total. The molecular weight excluding hydrogens is 364 g/mol. The Balaban J connectivity index is 1.80. The van der Waals surface area contributed by atoms with Crippen molar-refractivity contribution in [1.82, 2.24) is 19.1 Å². The number of aromatic nitrogens is 3. The number of aryl methyl sites for hydroxylation is 2. The number of sulfonamides is 1. The first-order valence-electron chi connectivity index (χ1n) is 8.90. The normalized spacial score (nSPS) is 13.6. The summed E-state index contributed by atoms with van der Waals surface area (Å²) in [4.78, 5) is 0.182. The highest BCUT2D eigenvalue weighted by molar-refractivity contribution is 7.89. The summed E-state index contributed by atoms with van der Waals surface area (Å²) in [6.45, 7) is 7.22.